The van der Waals surface area contributed by atoms with Gasteiger partial charge in [0, 0.05) is 12.3 Å². The Morgan fingerprint density at radius 2 is 2.23 bits per heavy atom. The first-order valence-corrected chi connectivity index (χ1v) is 3.92. The highest BCUT2D eigenvalue weighted by molar-refractivity contribution is 6.31. The Morgan fingerprint density at radius 1 is 1.46 bits per heavy atom. The first-order chi connectivity index (χ1) is 6.16. The number of nitrogens with one attached hydrogen (secondary N) is 1. The van der Waals surface area contributed by atoms with Crippen molar-refractivity contribution >= 4 is 22.6 Å². The van der Waals surface area contributed by atoms with Crippen molar-refractivity contribution in [2.24, 2.45) is 0 Å². The zero-order chi connectivity index (χ0) is 9.42. The van der Waals surface area contributed by atoms with Crippen LogP contribution in [-0.2, 0) is 0 Å². The average molecular weight is 197 g/mol. The van der Waals surface area contributed by atoms with E-state index in [1.807, 2.05) is 0 Å². The quantitative estimate of drug-likeness (QED) is 0.667. The van der Waals surface area contributed by atoms with Gasteiger partial charge in [0.2, 0.25) is 0 Å². The summed E-state index contributed by atoms with van der Waals surface area (Å²) in [6.45, 7) is 0. The van der Waals surface area contributed by atoms with E-state index in [1.54, 1.807) is 0 Å². The zero-order valence-corrected chi connectivity index (χ0v) is 7.17. The number of H-pyrrole nitrogens is 1. The lowest BCUT2D eigenvalue weighted by Crippen LogP contribution is -2.03. The van der Waals surface area contributed by atoms with E-state index in [1.165, 1.54) is 12.3 Å². The van der Waals surface area contributed by atoms with Crippen LogP contribution < -0.4 is 5.56 Å². The highest BCUT2D eigenvalue weighted by atomic mass is 35.5. The second-order valence-electron chi connectivity index (χ2n) is 2.57. The fourth-order valence-electron chi connectivity index (χ4n) is 1.10. The molecule has 0 unspecified atom stereocenters. The molecular weight excluding hydrogens is 192 g/mol. The van der Waals surface area contributed by atoms with Crippen LogP contribution in [0.4, 0.5) is 0 Å². The second-order valence-corrected chi connectivity index (χ2v) is 3.00. The molecule has 2 aromatic rings. The molecule has 66 valence electrons. The molecule has 0 radical (unpaired) electrons. The Hall–Kier alpha value is -1.55. The maximum absolute atomic E-state index is 10.9. The van der Waals surface area contributed by atoms with E-state index in [0.29, 0.717) is 16.1 Å². The van der Waals surface area contributed by atoms with Crippen LogP contribution in [0.15, 0.2) is 23.1 Å². The van der Waals surface area contributed by atoms with Gasteiger partial charge in [-0.1, -0.05) is 11.6 Å². The fraction of sp³-hybridized carbons (Fsp3) is 0. The highest BCUT2D eigenvalue weighted by Gasteiger charge is 2.02. The van der Waals surface area contributed by atoms with E-state index >= 15 is 0 Å². The van der Waals surface area contributed by atoms with Gasteiger partial charge in [-0.25, -0.2) is 4.98 Å². The third-order valence-corrected chi connectivity index (χ3v) is 1.83. The van der Waals surface area contributed by atoms with Gasteiger partial charge in [0.1, 0.15) is 11.3 Å². The molecule has 0 aromatic carbocycles. The van der Waals surface area contributed by atoms with E-state index in [0.717, 1.165) is 6.07 Å². The molecule has 0 aliphatic carbocycles. The molecule has 0 saturated carbocycles. The van der Waals surface area contributed by atoms with E-state index in [2.05, 4.69) is 9.97 Å². The van der Waals surface area contributed by atoms with Gasteiger partial charge in [0.15, 0.2) is 0 Å². The van der Waals surface area contributed by atoms with Crippen LogP contribution >= 0.6 is 11.6 Å². The molecule has 4 nitrogen and oxygen atoms in total. The minimum Gasteiger partial charge on any atom is -0.505 e. The average Bonchev–Trinajstić information content (AvgIpc) is 2.02. The van der Waals surface area contributed by atoms with Gasteiger partial charge >= 0.3 is 0 Å². The summed E-state index contributed by atoms with van der Waals surface area (Å²) in [6.07, 6.45) is 1.40. The van der Waals surface area contributed by atoms with Crippen molar-refractivity contribution < 1.29 is 5.11 Å². The Bertz CT molecular complexity index is 521. The topological polar surface area (TPSA) is 66.0 Å². The highest BCUT2D eigenvalue weighted by Crippen LogP contribution is 2.20. The summed E-state index contributed by atoms with van der Waals surface area (Å²) < 4.78 is 0. The lowest BCUT2D eigenvalue weighted by Gasteiger charge is -1.98. The van der Waals surface area contributed by atoms with Crippen molar-refractivity contribution in [1.82, 2.24) is 9.97 Å². The molecule has 13 heavy (non-hydrogen) atoms. The van der Waals surface area contributed by atoms with Crippen LogP contribution in [0.3, 0.4) is 0 Å². The van der Waals surface area contributed by atoms with Gasteiger partial charge in [-0.15, -0.1) is 0 Å². The van der Waals surface area contributed by atoms with E-state index in [-0.39, 0.29) is 11.3 Å². The summed E-state index contributed by atoms with van der Waals surface area (Å²) in [7, 11) is 0. The Balaban J connectivity index is 2.94. The van der Waals surface area contributed by atoms with Crippen molar-refractivity contribution in [3.05, 3.63) is 33.7 Å². The van der Waals surface area contributed by atoms with Crippen molar-refractivity contribution in [2.45, 2.75) is 0 Å². The van der Waals surface area contributed by atoms with Crippen LogP contribution in [0.5, 0.6) is 5.75 Å². The molecule has 2 N–H and O–H groups in total. The Labute approximate surface area is 77.8 Å². The predicted octanol–water partition coefficient (Wildman–Crippen LogP) is 1.28. The first kappa shape index (κ1) is 8.07. The number of aromatic amines is 1. The van der Waals surface area contributed by atoms with Gasteiger partial charge in [-0.2, -0.15) is 0 Å². The summed E-state index contributed by atoms with van der Waals surface area (Å²) in [5, 5.41) is 9.73. The molecule has 2 aromatic heterocycles. The van der Waals surface area contributed by atoms with Crippen LogP contribution in [0.1, 0.15) is 0 Å². The van der Waals surface area contributed by atoms with Crippen LogP contribution in [0.2, 0.25) is 5.02 Å². The van der Waals surface area contributed by atoms with Gasteiger partial charge in [-0.05, 0) is 6.07 Å². The maximum Gasteiger partial charge on any atom is 0.252 e. The van der Waals surface area contributed by atoms with Gasteiger partial charge in [-0.3, -0.25) is 4.79 Å². The van der Waals surface area contributed by atoms with Crippen molar-refractivity contribution in [2.75, 3.05) is 0 Å². The molecular formula is C8H5ClN2O2. The number of aromatic nitrogens is 2. The van der Waals surface area contributed by atoms with Crippen LogP contribution in [0, 0.1) is 0 Å². The number of hydrogen-bond donors (Lipinski definition) is 2. The van der Waals surface area contributed by atoms with Crippen LogP contribution in [0.25, 0.3) is 11.0 Å². The second kappa shape index (κ2) is 2.74. The smallest absolute Gasteiger partial charge is 0.252 e. The summed E-state index contributed by atoms with van der Waals surface area (Å²) in [6, 6.07) is 2.61. The maximum atomic E-state index is 10.9. The molecule has 0 saturated heterocycles. The van der Waals surface area contributed by atoms with E-state index < -0.39 is 0 Å². The molecule has 2 rings (SSSR count). The number of rotatable bonds is 0. The van der Waals surface area contributed by atoms with Gasteiger partial charge in [0.05, 0.1) is 10.5 Å². The number of aromatic hydroxyl groups is 1. The molecule has 0 aliphatic heterocycles. The van der Waals surface area contributed by atoms with Crippen molar-refractivity contribution in [3.8, 4) is 5.75 Å². The van der Waals surface area contributed by atoms with Gasteiger partial charge < -0.3 is 10.1 Å². The minimum absolute atomic E-state index is 0.143. The molecule has 0 bridgehead atoms. The predicted molar refractivity (Wildman–Crippen MR) is 49.0 cm³/mol. The summed E-state index contributed by atoms with van der Waals surface area (Å²) in [5.41, 5.74) is 0.385. The minimum atomic E-state index is -0.380. The molecule has 0 atom stereocenters. The van der Waals surface area contributed by atoms with Crippen molar-refractivity contribution in [3.63, 3.8) is 0 Å². The van der Waals surface area contributed by atoms with Crippen LogP contribution in [-0.4, -0.2) is 15.1 Å². The Kier molecular flexibility index (Phi) is 1.70. The summed E-state index contributed by atoms with van der Waals surface area (Å²) in [5.74, 6) is -0.143. The number of pyridine rings is 2. The molecule has 0 aliphatic rings. The standard InChI is InChI=1S/C8H5ClN2O2/c9-4-1-5-8(10-3-4)6(12)2-7(13)11-5/h1-3H,(H2,11,12,13). The van der Waals surface area contributed by atoms with E-state index in [9.17, 15) is 9.90 Å². The third-order valence-electron chi connectivity index (χ3n) is 1.62. The number of halogens is 1. The van der Waals surface area contributed by atoms with E-state index in [4.69, 9.17) is 11.6 Å². The lowest BCUT2D eigenvalue weighted by molar-refractivity contribution is 0.479. The monoisotopic (exact) mass is 196 g/mol. The van der Waals surface area contributed by atoms with Crippen molar-refractivity contribution in [1.29, 1.82) is 0 Å². The van der Waals surface area contributed by atoms with Gasteiger partial charge in [0.25, 0.3) is 5.56 Å². The fourth-order valence-corrected chi connectivity index (χ4v) is 1.26. The third kappa shape index (κ3) is 1.36. The molecule has 0 amide bonds. The molecule has 0 fully saturated rings. The summed E-state index contributed by atoms with van der Waals surface area (Å²) in [4.78, 5) is 17.3. The summed E-state index contributed by atoms with van der Waals surface area (Å²) >= 11 is 5.66. The molecule has 0 spiro atoms. The number of nitrogens with zero attached hydrogens (tertiary/aromatic N) is 1. The zero-order valence-electron chi connectivity index (χ0n) is 6.41. The lowest BCUT2D eigenvalue weighted by atomic mass is 10.3. The SMILES string of the molecule is O=c1cc(O)c2ncc(Cl)cc2[nH]1. The normalized spacial score (nSPS) is 10.5. The molecule has 5 heteroatoms. The number of fused-ring (bicyclic) bond motifs is 1. The first-order valence-electron chi connectivity index (χ1n) is 3.54. The largest absolute Gasteiger partial charge is 0.505 e. The Morgan fingerprint density at radius 3 is 3.00 bits per heavy atom. The molecule has 2 heterocycles. The number of hydrogen-bond acceptors (Lipinski definition) is 3.